The van der Waals surface area contributed by atoms with Gasteiger partial charge in [0.1, 0.15) is 5.75 Å². The third-order valence-corrected chi connectivity index (χ3v) is 4.57. The summed E-state index contributed by atoms with van der Waals surface area (Å²) < 4.78 is 5.55. The normalized spacial score (nSPS) is 25.5. The Morgan fingerprint density at radius 1 is 1.45 bits per heavy atom. The summed E-state index contributed by atoms with van der Waals surface area (Å²) in [6.45, 7) is 1.65. The standard InChI is InChI=1S/C16H16Cl2N2O2/c1-9(22-15-6-5-11(17)8-13(15)18)16(21)20-19-14-7-10-3-2-4-12(10)14/h2-3,5-6,8-10,12H,4,7H2,1H3,(H,20,21)/b19-14+/t9-,10-,12-/m1/s1. The molecule has 0 saturated heterocycles. The summed E-state index contributed by atoms with van der Waals surface area (Å²) in [5.41, 5.74) is 3.63. The largest absolute Gasteiger partial charge is 0.479 e. The maximum absolute atomic E-state index is 12.0. The molecule has 0 bridgehead atoms. The van der Waals surface area contributed by atoms with Gasteiger partial charge in [-0.25, -0.2) is 5.43 Å². The van der Waals surface area contributed by atoms with Crippen molar-refractivity contribution in [2.24, 2.45) is 16.9 Å². The summed E-state index contributed by atoms with van der Waals surface area (Å²) in [5, 5.41) is 5.11. The first kappa shape index (κ1) is 15.4. The second kappa shape index (κ2) is 6.31. The molecule has 4 nitrogen and oxygen atoms in total. The number of rotatable bonds is 4. The van der Waals surface area contributed by atoms with Crippen molar-refractivity contribution in [3.05, 3.63) is 40.4 Å². The third-order valence-electron chi connectivity index (χ3n) is 4.04. The van der Waals surface area contributed by atoms with E-state index in [2.05, 4.69) is 22.7 Å². The minimum Gasteiger partial charge on any atom is -0.479 e. The quantitative estimate of drug-likeness (QED) is 0.670. The minimum atomic E-state index is -0.694. The number of amides is 1. The van der Waals surface area contributed by atoms with Crippen LogP contribution in [0.25, 0.3) is 0 Å². The zero-order valence-corrected chi connectivity index (χ0v) is 13.6. The van der Waals surface area contributed by atoms with Crippen LogP contribution in [-0.4, -0.2) is 17.7 Å². The number of carbonyl (C=O) groups is 1. The molecule has 0 radical (unpaired) electrons. The van der Waals surface area contributed by atoms with Gasteiger partial charge in [0, 0.05) is 16.7 Å². The Morgan fingerprint density at radius 3 is 3.00 bits per heavy atom. The molecule has 2 aliphatic rings. The molecule has 1 saturated carbocycles. The van der Waals surface area contributed by atoms with E-state index in [1.807, 2.05) is 0 Å². The number of fused-ring (bicyclic) bond motifs is 1. The molecule has 1 amide bonds. The van der Waals surface area contributed by atoms with Crippen molar-refractivity contribution in [1.29, 1.82) is 0 Å². The summed E-state index contributed by atoms with van der Waals surface area (Å²) >= 11 is 11.8. The van der Waals surface area contributed by atoms with Crippen molar-refractivity contribution >= 4 is 34.8 Å². The van der Waals surface area contributed by atoms with Crippen molar-refractivity contribution < 1.29 is 9.53 Å². The first-order chi connectivity index (χ1) is 10.5. The van der Waals surface area contributed by atoms with Gasteiger partial charge in [-0.3, -0.25) is 4.79 Å². The predicted octanol–water partition coefficient (Wildman–Crippen LogP) is 3.83. The first-order valence-electron chi connectivity index (χ1n) is 7.19. The number of hydrazone groups is 1. The predicted molar refractivity (Wildman–Crippen MR) is 87.5 cm³/mol. The van der Waals surface area contributed by atoms with Crippen molar-refractivity contribution in [2.75, 3.05) is 0 Å². The van der Waals surface area contributed by atoms with E-state index in [4.69, 9.17) is 27.9 Å². The maximum Gasteiger partial charge on any atom is 0.280 e. The fraction of sp³-hybridized carbons (Fsp3) is 0.375. The van der Waals surface area contributed by atoms with Gasteiger partial charge in [0.05, 0.1) is 5.02 Å². The molecule has 0 aliphatic heterocycles. The van der Waals surface area contributed by atoms with Gasteiger partial charge in [0.2, 0.25) is 0 Å². The summed E-state index contributed by atoms with van der Waals surface area (Å²) in [5.74, 6) is 1.21. The van der Waals surface area contributed by atoms with Gasteiger partial charge in [-0.05, 0) is 43.9 Å². The van der Waals surface area contributed by atoms with Gasteiger partial charge >= 0.3 is 0 Å². The van der Waals surface area contributed by atoms with Crippen LogP contribution >= 0.6 is 23.2 Å². The Labute approximate surface area is 139 Å². The molecular formula is C16H16Cl2N2O2. The number of nitrogens with one attached hydrogen (secondary N) is 1. The van der Waals surface area contributed by atoms with Crippen molar-refractivity contribution in [3.8, 4) is 5.75 Å². The van der Waals surface area contributed by atoms with E-state index in [9.17, 15) is 4.79 Å². The number of ether oxygens (including phenoxy) is 1. The van der Waals surface area contributed by atoms with E-state index in [1.165, 1.54) is 0 Å². The van der Waals surface area contributed by atoms with Crippen LogP contribution in [0.4, 0.5) is 0 Å². The van der Waals surface area contributed by atoms with Crippen LogP contribution in [-0.2, 0) is 4.79 Å². The maximum atomic E-state index is 12.0. The topological polar surface area (TPSA) is 50.7 Å². The molecular weight excluding hydrogens is 323 g/mol. The van der Waals surface area contributed by atoms with E-state index in [1.54, 1.807) is 25.1 Å². The number of halogens is 2. The molecule has 0 heterocycles. The van der Waals surface area contributed by atoms with Gasteiger partial charge in [-0.1, -0.05) is 35.4 Å². The molecule has 0 spiro atoms. The van der Waals surface area contributed by atoms with Crippen LogP contribution in [0.3, 0.4) is 0 Å². The fourth-order valence-corrected chi connectivity index (χ4v) is 3.15. The van der Waals surface area contributed by atoms with Crippen LogP contribution in [0.15, 0.2) is 35.5 Å². The number of hydrogen-bond donors (Lipinski definition) is 1. The molecule has 1 fully saturated rings. The highest BCUT2D eigenvalue weighted by Gasteiger charge is 2.38. The van der Waals surface area contributed by atoms with E-state index >= 15 is 0 Å². The Balaban J connectivity index is 1.55. The van der Waals surface area contributed by atoms with Gasteiger partial charge in [0.25, 0.3) is 5.91 Å². The molecule has 1 aromatic carbocycles. The van der Waals surface area contributed by atoms with Crippen molar-refractivity contribution in [2.45, 2.75) is 25.9 Å². The molecule has 0 aromatic heterocycles. The number of hydrogen-bond acceptors (Lipinski definition) is 3. The molecule has 2 aliphatic carbocycles. The van der Waals surface area contributed by atoms with Crippen LogP contribution in [0.2, 0.25) is 10.0 Å². The highest BCUT2D eigenvalue weighted by atomic mass is 35.5. The number of nitrogens with zero attached hydrogens (tertiary/aromatic N) is 1. The van der Waals surface area contributed by atoms with Gasteiger partial charge < -0.3 is 4.74 Å². The highest BCUT2D eigenvalue weighted by Crippen LogP contribution is 2.40. The molecule has 3 atom stereocenters. The Kier molecular flexibility index (Phi) is 4.41. The summed E-state index contributed by atoms with van der Waals surface area (Å²) in [6.07, 6.45) is 5.65. The van der Waals surface area contributed by atoms with Crippen LogP contribution in [0.5, 0.6) is 5.75 Å². The Hall–Kier alpha value is -1.52. The van der Waals surface area contributed by atoms with Gasteiger partial charge in [-0.2, -0.15) is 5.10 Å². The van der Waals surface area contributed by atoms with Crippen molar-refractivity contribution in [1.82, 2.24) is 5.43 Å². The van der Waals surface area contributed by atoms with E-state index < -0.39 is 6.10 Å². The first-order valence-corrected chi connectivity index (χ1v) is 7.95. The van der Waals surface area contributed by atoms with Crippen LogP contribution in [0.1, 0.15) is 19.8 Å². The summed E-state index contributed by atoms with van der Waals surface area (Å²) in [6, 6.07) is 4.88. The molecule has 3 rings (SSSR count). The Bertz CT molecular complexity index is 658. The average molecular weight is 339 g/mol. The Morgan fingerprint density at radius 2 is 2.27 bits per heavy atom. The minimum absolute atomic E-state index is 0.298. The molecule has 22 heavy (non-hydrogen) atoms. The van der Waals surface area contributed by atoms with E-state index in [0.29, 0.717) is 27.6 Å². The summed E-state index contributed by atoms with van der Waals surface area (Å²) in [7, 11) is 0. The van der Waals surface area contributed by atoms with Crippen LogP contribution < -0.4 is 10.2 Å². The third kappa shape index (κ3) is 3.13. The molecule has 116 valence electrons. The lowest BCUT2D eigenvalue weighted by atomic mass is 9.74. The van der Waals surface area contributed by atoms with E-state index in [-0.39, 0.29) is 5.91 Å². The van der Waals surface area contributed by atoms with Gasteiger partial charge in [0.15, 0.2) is 6.10 Å². The summed E-state index contributed by atoms with van der Waals surface area (Å²) in [4.78, 5) is 12.0. The number of allylic oxidation sites excluding steroid dienone is 2. The SMILES string of the molecule is C[C@@H](Oc1ccc(Cl)cc1Cl)C(=O)N/N=C1\C[C@H]2C=CC[C@@H]12. The van der Waals surface area contributed by atoms with Crippen LogP contribution in [0, 0.1) is 11.8 Å². The fourth-order valence-electron chi connectivity index (χ4n) is 2.70. The lowest BCUT2D eigenvalue weighted by Crippen LogP contribution is -2.38. The highest BCUT2D eigenvalue weighted by molar-refractivity contribution is 6.35. The smallest absolute Gasteiger partial charge is 0.280 e. The van der Waals surface area contributed by atoms with Gasteiger partial charge in [-0.15, -0.1) is 0 Å². The second-order valence-electron chi connectivity index (χ2n) is 5.55. The molecule has 6 heteroatoms. The zero-order valence-electron chi connectivity index (χ0n) is 12.1. The lowest BCUT2D eigenvalue weighted by Gasteiger charge is -2.31. The second-order valence-corrected chi connectivity index (χ2v) is 6.40. The zero-order chi connectivity index (χ0) is 15.7. The lowest BCUT2D eigenvalue weighted by molar-refractivity contribution is -0.127. The molecule has 1 aromatic rings. The monoisotopic (exact) mass is 338 g/mol. The number of benzene rings is 1. The molecule has 0 unspecified atom stereocenters. The molecule has 1 N–H and O–H groups in total. The number of carbonyl (C=O) groups excluding carboxylic acids is 1. The average Bonchev–Trinajstić information content (AvgIpc) is 2.83. The van der Waals surface area contributed by atoms with E-state index in [0.717, 1.165) is 18.6 Å². The van der Waals surface area contributed by atoms with Crippen molar-refractivity contribution in [3.63, 3.8) is 0 Å².